The van der Waals surface area contributed by atoms with E-state index in [0.717, 1.165) is 0 Å². The van der Waals surface area contributed by atoms with Gasteiger partial charge in [-0.15, -0.1) is 0 Å². The molecule has 0 bridgehead atoms. The predicted molar refractivity (Wildman–Crippen MR) is 66.5 cm³/mol. The highest BCUT2D eigenvalue weighted by atomic mass is 16.6. The van der Waals surface area contributed by atoms with Crippen molar-refractivity contribution in [3.05, 3.63) is 46.4 Å². The molecule has 0 aromatic carbocycles. The van der Waals surface area contributed by atoms with Crippen LogP contribution in [-0.4, -0.2) is 25.6 Å². The maximum absolute atomic E-state index is 11.8. The lowest BCUT2D eigenvalue weighted by atomic mass is 10.4. The Kier molecular flexibility index (Phi) is 3.51. The number of aryl methyl sites for hydroxylation is 1. The first kappa shape index (κ1) is 12.7. The zero-order valence-corrected chi connectivity index (χ0v) is 10.1. The normalized spacial score (nSPS) is 10.2. The van der Waals surface area contributed by atoms with Gasteiger partial charge in [-0.2, -0.15) is 4.68 Å². The molecular weight excluding hydrogens is 250 g/mol. The van der Waals surface area contributed by atoms with E-state index in [1.807, 2.05) is 0 Å². The number of nitrogens with zero attached hydrogens (tertiary/aromatic N) is 4. The number of nitrogens with one attached hydrogen (secondary N) is 1. The Balaban J connectivity index is 2.05. The fourth-order valence-corrected chi connectivity index (χ4v) is 1.51. The van der Waals surface area contributed by atoms with E-state index in [2.05, 4.69) is 15.4 Å². The number of nitro groups is 1. The predicted octanol–water partition coefficient (Wildman–Crippen LogP) is 1.13. The van der Waals surface area contributed by atoms with E-state index in [1.54, 1.807) is 31.5 Å². The lowest BCUT2D eigenvalue weighted by Gasteiger charge is -2.03. The first-order chi connectivity index (χ1) is 9.06. The van der Waals surface area contributed by atoms with Gasteiger partial charge in [-0.05, 0) is 24.0 Å². The molecule has 1 N–H and O–H groups in total. The van der Waals surface area contributed by atoms with Crippen LogP contribution in [0.1, 0.15) is 5.69 Å². The molecule has 0 aliphatic carbocycles. The molecule has 19 heavy (non-hydrogen) atoms. The second-order valence-corrected chi connectivity index (χ2v) is 3.84. The van der Waals surface area contributed by atoms with Crippen LogP contribution in [0.3, 0.4) is 0 Å². The summed E-state index contributed by atoms with van der Waals surface area (Å²) in [5.41, 5.74) is 1.16. The van der Waals surface area contributed by atoms with Crippen LogP contribution >= 0.6 is 0 Å². The van der Waals surface area contributed by atoms with Crippen molar-refractivity contribution in [2.24, 2.45) is 0 Å². The van der Waals surface area contributed by atoms with E-state index in [9.17, 15) is 14.9 Å². The van der Waals surface area contributed by atoms with Crippen LogP contribution in [0.4, 0.5) is 11.5 Å². The van der Waals surface area contributed by atoms with Gasteiger partial charge in [-0.3, -0.25) is 9.78 Å². The molecular formula is C11H11N5O3. The van der Waals surface area contributed by atoms with Crippen LogP contribution in [0.15, 0.2) is 30.6 Å². The van der Waals surface area contributed by atoms with Crippen LogP contribution in [0, 0.1) is 17.0 Å². The summed E-state index contributed by atoms with van der Waals surface area (Å²) in [4.78, 5) is 25.6. The third-order valence-corrected chi connectivity index (χ3v) is 2.41. The van der Waals surface area contributed by atoms with Crippen molar-refractivity contribution >= 4 is 17.4 Å². The number of carbonyl (C=O) groups excluding carboxylic acids is 1. The molecule has 0 unspecified atom stereocenters. The summed E-state index contributed by atoms with van der Waals surface area (Å²) in [6.07, 6.45) is 3.11. The largest absolute Gasteiger partial charge is 0.390 e. The van der Waals surface area contributed by atoms with Crippen molar-refractivity contribution < 1.29 is 9.72 Å². The Morgan fingerprint density at radius 3 is 2.74 bits per heavy atom. The van der Waals surface area contributed by atoms with Crippen LogP contribution in [-0.2, 0) is 11.3 Å². The number of carbonyl (C=O) groups is 1. The van der Waals surface area contributed by atoms with Gasteiger partial charge in [-0.1, -0.05) is 0 Å². The second kappa shape index (κ2) is 5.25. The Morgan fingerprint density at radius 2 is 2.16 bits per heavy atom. The Labute approximate surface area is 108 Å². The average molecular weight is 261 g/mol. The van der Waals surface area contributed by atoms with Gasteiger partial charge in [-0.25, -0.2) is 0 Å². The summed E-state index contributed by atoms with van der Waals surface area (Å²) in [7, 11) is 0. The maximum atomic E-state index is 11.8. The van der Waals surface area contributed by atoms with Crippen LogP contribution in [0.2, 0.25) is 0 Å². The monoisotopic (exact) mass is 261 g/mol. The van der Waals surface area contributed by atoms with Crippen molar-refractivity contribution in [2.45, 2.75) is 13.5 Å². The van der Waals surface area contributed by atoms with E-state index in [-0.39, 0.29) is 18.3 Å². The summed E-state index contributed by atoms with van der Waals surface area (Å²) in [6, 6.07) is 4.62. The SMILES string of the molecule is Cc1cc([N+](=O)[O-])nn1CC(=O)Nc1ccncc1. The average Bonchev–Trinajstić information content (AvgIpc) is 2.72. The molecule has 0 saturated heterocycles. The van der Waals surface area contributed by atoms with Gasteiger partial charge in [0.15, 0.2) is 0 Å². The second-order valence-electron chi connectivity index (χ2n) is 3.84. The lowest BCUT2D eigenvalue weighted by Crippen LogP contribution is -2.20. The molecule has 1 amide bonds. The zero-order chi connectivity index (χ0) is 13.8. The third-order valence-electron chi connectivity index (χ3n) is 2.41. The number of pyridine rings is 1. The highest BCUT2D eigenvalue weighted by Crippen LogP contribution is 2.11. The number of rotatable bonds is 4. The molecule has 0 atom stereocenters. The van der Waals surface area contributed by atoms with Gasteiger partial charge >= 0.3 is 5.82 Å². The molecule has 2 aromatic heterocycles. The Bertz CT molecular complexity index is 608. The fraction of sp³-hybridized carbons (Fsp3) is 0.182. The number of aromatic nitrogens is 3. The molecule has 2 aromatic rings. The zero-order valence-electron chi connectivity index (χ0n) is 10.1. The molecule has 0 aliphatic heterocycles. The minimum Gasteiger partial charge on any atom is -0.358 e. The van der Waals surface area contributed by atoms with Crippen LogP contribution in [0.5, 0.6) is 0 Å². The van der Waals surface area contributed by atoms with E-state index in [4.69, 9.17) is 0 Å². The van der Waals surface area contributed by atoms with Gasteiger partial charge < -0.3 is 15.4 Å². The topological polar surface area (TPSA) is 103 Å². The van der Waals surface area contributed by atoms with Gasteiger partial charge in [0.05, 0.1) is 16.9 Å². The third kappa shape index (κ3) is 3.12. The molecule has 2 rings (SSSR count). The Hall–Kier alpha value is -2.77. The fourth-order valence-electron chi connectivity index (χ4n) is 1.51. The molecule has 0 fully saturated rings. The van der Waals surface area contributed by atoms with Gasteiger partial charge in [0, 0.05) is 18.1 Å². The molecule has 0 radical (unpaired) electrons. The minimum absolute atomic E-state index is 0.0814. The van der Waals surface area contributed by atoms with Crippen molar-refractivity contribution in [3.8, 4) is 0 Å². The summed E-state index contributed by atoms with van der Waals surface area (Å²) in [5, 5.41) is 16.9. The highest BCUT2D eigenvalue weighted by molar-refractivity contribution is 5.90. The van der Waals surface area contributed by atoms with E-state index in [0.29, 0.717) is 11.4 Å². The molecule has 2 heterocycles. The summed E-state index contributed by atoms with van der Waals surface area (Å²) in [6.45, 7) is 1.57. The van der Waals surface area contributed by atoms with Crippen LogP contribution in [0.25, 0.3) is 0 Å². The van der Waals surface area contributed by atoms with E-state index < -0.39 is 4.92 Å². The standard InChI is InChI=1S/C11H11N5O3/c1-8-6-10(16(18)19)14-15(8)7-11(17)13-9-2-4-12-5-3-9/h2-6H,7H2,1H3,(H,12,13,17). The lowest BCUT2D eigenvalue weighted by molar-refractivity contribution is -0.389. The number of anilines is 1. The maximum Gasteiger partial charge on any atom is 0.390 e. The molecule has 98 valence electrons. The van der Waals surface area contributed by atoms with Gasteiger partial charge in [0.2, 0.25) is 5.91 Å². The van der Waals surface area contributed by atoms with Crippen molar-refractivity contribution in [1.82, 2.24) is 14.8 Å². The quantitative estimate of drug-likeness (QED) is 0.656. The molecule has 0 spiro atoms. The molecule has 0 aliphatic rings. The van der Waals surface area contributed by atoms with E-state index in [1.165, 1.54) is 10.7 Å². The minimum atomic E-state index is -0.593. The number of hydrogen-bond donors (Lipinski definition) is 1. The Morgan fingerprint density at radius 1 is 1.47 bits per heavy atom. The molecule has 0 saturated carbocycles. The van der Waals surface area contributed by atoms with Gasteiger partial charge in [0.25, 0.3) is 0 Å². The first-order valence-electron chi connectivity index (χ1n) is 5.45. The smallest absolute Gasteiger partial charge is 0.358 e. The van der Waals surface area contributed by atoms with Crippen molar-refractivity contribution in [3.63, 3.8) is 0 Å². The first-order valence-corrected chi connectivity index (χ1v) is 5.45. The number of amides is 1. The number of hydrogen-bond acceptors (Lipinski definition) is 5. The van der Waals surface area contributed by atoms with E-state index >= 15 is 0 Å². The van der Waals surface area contributed by atoms with Crippen molar-refractivity contribution in [2.75, 3.05) is 5.32 Å². The summed E-state index contributed by atoms with van der Waals surface area (Å²) >= 11 is 0. The summed E-state index contributed by atoms with van der Waals surface area (Å²) in [5.74, 6) is -0.582. The highest BCUT2D eigenvalue weighted by Gasteiger charge is 2.17. The van der Waals surface area contributed by atoms with Crippen molar-refractivity contribution in [1.29, 1.82) is 0 Å². The van der Waals surface area contributed by atoms with Gasteiger partial charge in [0.1, 0.15) is 6.54 Å². The summed E-state index contributed by atoms with van der Waals surface area (Å²) < 4.78 is 1.29. The molecule has 8 nitrogen and oxygen atoms in total. The molecule has 8 heteroatoms. The van der Waals surface area contributed by atoms with Crippen LogP contribution < -0.4 is 5.32 Å².